The van der Waals surface area contributed by atoms with Crippen LogP contribution in [-0.4, -0.2) is 5.16 Å². The van der Waals surface area contributed by atoms with Gasteiger partial charge in [0, 0.05) is 5.39 Å². The summed E-state index contributed by atoms with van der Waals surface area (Å²) in [5.74, 6) is 0. The molecule has 0 aliphatic rings. The highest BCUT2D eigenvalue weighted by Gasteiger charge is 2.04. The zero-order chi connectivity index (χ0) is 9.54. The van der Waals surface area contributed by atoms with Crippen LogP contribution in [0.4, 0.5) is 0 Å². The lowest BCUT2D eigenvalue weighted by Gasteiger charge is -1.95. The summed E-state index contributed by atoms with van der Waals surface area (Å²) < 4.78 is 5.21. The van der Waals surface area contributed by atoms with Crippen molar-refractivity contribution in [3.63, 3.8) is 0 Å². The van der Waals surface area contributed by atoms with Crippen LogP contribution in [0.15, 0.2) is 40.9 Å². The summed E-state index contributed by atoms with van der Waals surface area (Å²) in [6.07, 6.45) is 0. The number of nitrogens with zero attached hydrogens (tertiary/aromatic N) is 1. The summed E-state index contributed by atoms with van der Waals surface area (Å²) in [5, 5.41) is 7.46. The van der Waals surface area contributed by atoms with Crippen molar-refractivity contribution in [2.24, 2.45) is 0 Å². The second-order valence-corrected chi connectivity index (χ2v) is 3.46. The highest BCUT2D eigenvalue weighted by atomic mass is 16.5. The van der Waals surface area contributed by atoms with Crippen molar-refractivity contribution in [2.45, 2.75) is 6.92 Å². The monoisotopic (exact) mass is 183 g/mol. The van der Waals surface area contributed by atoms with Crippen LogP contribution in [0.3, 0.4) is 0 Å². The molecular formula is C12H9NO. The minimum Gasteiger partial charge on any atom is -0.356 e. The van der Waals surface area contributed by atoms with Crippen LogP contribution in [0, 0.1) is 6.92 Å². The highest BCUT2D eigenvalue weighted by molar-refractivity contribution is 5.96. The summed E-state index contributed by atoms with van der Waals surface area (Å²) in [6.45, 7) is 1.96. The Morgan fingerprint density at radius 2 is 1.79 bits per heavy atom. The Labute approximate surface area is 81.1 Å². The minimum atomic E-state index is 0.862. The smallest absolute Gasteiger partial charge is 0.167 e. The summed E-state index contributed by atoms with van der Waals surface area (Å²) in [4.78, 5) is 0. The van der Waals surface area contributed by atoms with Gasteiger partial charge in [0.2, 0.25) is 0 Å². The first-order valence-corrected chi connectivity index (χ1v) is 4.59. The molecule has 0 N–H and O–H groups in total. The Kier molecular flexibility index (Phi) is 1.39. The average molecular weight is 183 g/mol. The first-order chi connectivity index (χ1) is 6.84. The molecule has 1 aromatic heterocycles. The molecule has 2 nitrogen and oxygen atoms in total. The molecule has 1 heterocycles. The summed E-state index contributed by atoms with van der Waals surface area (Å²) in [7, 11) is 0. The van der Waals surface area contributed by atoms with Crippen LogP contribution in [0.1, 0.15) is 5.69 Å². The minimum absolute atomic E-state index is 0.862. The van der Waals surface area contributed by atoms with Gasteiger partial charge in [0.1, 0.15) is 0 Å². The fourth-order valence-corrected chi connectivity index (χ4v) is 1.74. The van der Waals surface area contributed by atoms with Gasteiger partial charge in [-0.15, -0.1) is 0 Å². The number of hydrogen-bond donors (Lipinski definition) is 0. The van der Waals surface area contributed by atoms with Crippen molar-refractivity contribution in [3.05, 3.63) is 42.1 Å². The van der Waals surface area contributed by atoms with Gasteiger partial charge in [-0.2, -0.15) is 0 Å². The van der Waals surface area contributed by atoms with E-state index in [1.54, 1.807) is 0 Å². The van der Waals surface area contributed by atoms with Crippen molar-refractivity contribution in [3.8, 4) is 0 Å². The Balaban J connectivity index is 2.54. The van der Waals surface area contributed by atoms with Gasteiger partial charge >= 0.3 is 0 Å². The Morgan fingerprint density at radius 1 is 1.07 bits per heavy atom. The fourth-order valence-electron chi connectivity index (χ4n) is 1.74. The number of benzene rings is 2. The van der Waals surface area contributed by atoms with Gasteiger partial charge in [0.25, 0.3) is 0 Å². The van der Waals surface area contributed by atoms with Crippen molar-refractivity contribution in [1.29, 1.82) is 0 Å². The SMILES string of the molecule is Cc1noc2cc3ccccc3cc12. The second-order valence-electron chi connectivity index (χ2n) is 3.46. The van der Waals surface area contributed by atoms with Crippen LogP contribution in [-0.2, 0) is 0 Å². The van der Waals surface area contributed by atoms with Crippen molar-refractivity contribution < 1.29 is 4.52 Å². The maximum atomic E-state index is 5.21. The molecule has 3 aromatic rings. The van der Waals surface area contributed by atoms with Gasteiger partial charge in [0.15, 0.2) is 5.58 Å². The molecular weight excluding hydrogens is 174 g/mol. The van der Waals surface area contributed by atoms with E-state index in [4.69, 9.17) is 4.52 Å². The number of aromatic nitrogens is 1. The predicted molar refractivity (Wildman–Crippen MR) is 56.3 cm³/mol. The zero-order valence-electron chi connectivity index (χ0n) is 7.82. The van der Waals surface area contributed by atoms with Crippen LogP contribution in [0.25, 0.3) is 21.7 Å². The van der Waals surface area contributed by atoms with Crippen molar-refractivity contribution in [1.82, 2.24) is 5.16 Å². The Hall–Kier alpha value is -1.83. The number of rotatable bonds is 0. The molecule has 68 valence electrons. The topological polar surface area (TPSA) is 26.0 Å². The van der Waals surface area contributed by atoms with Crippen LogP contribution < -0.4 is 0 Å². The van der Waals surface area contributed by atoms with E-state index in [2.05, 4.69) is 23.4 Å². The van der Waals surface area contributed by atoms with Gasteiger partial charge in [-0.3, -0.25) is 0 Å². The van der Waals surface area contributed by atoms with E-state index in [1.807, 2.05) is 25.1 Å². The van der Waals surface area contributed by atoms with E-state index >= 15 is 0 Å². The Morgan fingerprint density at radius 3 is 2.57 bits per heavy atom. The third-order valence-corrected chi connectivity index (χ3v) is 2.52. The quantitative estimate of drug-likeness (QED) is 0.534. The lowest BCUT2D eigenvalue weighted by Crippen LogP contribution is -1.73. The van der Waals surface area contributed by atoms with E-state index < -0.39 is 0 Å². The largest absolute Gasteiger partial charge is 0.356 e. The van der Waals surface area contributed by atoms with Crippen LogP contribution in [0.2, 0.25) is 0 Å². The molecule has 0 radical (unpaired) electrons. The number of hydrogen-bond acceptors (Lipinski definition) is 2. The van der Waals surface area contributed by atoms with Crippen LogP contribution >= 0.6 is 0 Å². The standard InChI is InChI=1S/C12H9NO/c1-8-11-6-9-4-2-3-5-10(9)7-12(11)14-13-8/h2-7H,1H3. The number of aryl methyl sites for hydroxylation is 1. The maximum absolute atomic E-state index is 5.21. The summed E-state index contributed by atoms with van der Waals surface area (Å²) in [5.41, 5.74) is 1.81. The molecule has 0 aliphatic carbocycles. The summed E-state index contributed by atoms with van der Waals surface area (Å²) in [6, 6.07) is 12.4. The van der Waals surface area contributed by atoms with Crippen molar-refractivity contribution >= 4 is 21.7 Å². The molecule has 0 saturated carbocycles. The number of fused-ring (bicyclic) bond motifs is 2. The molecule has 0 unspecified atom stereocenters. The van der Waals surface area contributed by atoms with E-state index in [9.17, 15) is 0 Å². The first kappa shape index (κ1) is 7.56. The van der Waals surface area contributed by atoms with Crippen LogP contribution in [0.5, 0.6) is 0 Å². The van der Waals surface area contributed by atoms with E-state index in [1.165, 1.54) is 10.8 Å². The summed E-state index contributed by atoms with van der Waals surface area (Å²) >= 11 is 0. The highest BCUT2D eigenvalue weighted by Crippen LogP contribution is 2.24. The van der Waals surface area contributed by atoms with Gasteiger partial charge in [-0.05, 0) is 29.8 Å². The van der Waals surface area contributed by atoms with E-state index in [-0.39, 0.29) is 0 Å². The van der Waals surface area contributed by atoms with E-state index in [0.717, 1.165) is 16.7 Å². The lowest BCUT2D eigenvalue weighted by atomic mass is 10.1. The first-order valence-electron chi connectivity index (χ1n) is 4.59. The van der Waals surface area contributed by atoms with Gasteiger partial charge in [0.05, 0.1) is 5.69 Å². The molecule has 0 bridgehead atoms. The average Bonchev–Trinajstić information content (AvgIpc) is 2.57. The van der Waals surface area contributed by atoms with Gasteiger partial charge in [-0.1, -0.05) is 29.4 Å². The molecule has 2 aromatic carbocycles. The lowest BCUT2D eigenvalue weighted by molar-refractivity contribution is 0.450. The van der Waals surface area contributed by atoms with Crippen molar-refractivity contribution in [2.75, 3.05) is 0 Å². The molecule has 3 rings (SSSR count). The molecule has 0 spiro atoms. The molecule has 0 saturated heterocycles. The second kappa shape index (κ2) is 2.58. The third-order valence-electron chi connectivity index (χ3n) is 2.52. The molecule has 0 atom stereocenters. The van der Waals surface area contributed by atoms with E-state index in [0.29, 0.717) is 0 Å². The fraction of sp³-hybridized carbons (Fsp3) is 0.0833. The normalized spacial score (nSPS) is 11.2. The molecule has 0 aliphatic heterocycles. The zero-order valence-corrected chi connectivity index (χ0v) is 7.82. The maximum Gasteiger partial charge on any atom is 0.167 e. The van der Waals surface area contributed by atoms with Gasteiger partial charge < -0.3 is 4.52 Å². The predicted octanol–water partition coefficient (Wildman–Crippen LogP) is 3.29. The molecule has 2 heteroatoms. The molecule has 14 heavy (non-hydrogen) atoms. The van der Waals surface area contributed by atoms with Gasteiger partial charge in [-0.25, -0.2) is 0 Å². The Bertz CT molecular complexity index is 610. The molecule has 0 fully saturated rings. The third kappa shape index (κ3) is 0.940. The molecule has 0 amide bonds.